The fraction of sp³-hybridized carbons (Fsp3) is 0.333. The van der Waals surface area contributed by atoms with Crippen molar-refractivity contribution in [2.24, 2.45) is 0 Å². The number of nitrogens with one attached hydrogen (secondary N) is 1. The van der Waals surface area contributed by atoms with Crippen molar-refractivity contribution in [3.63, 3.8) is 0 Å². The quantitative estimate of drug-likeness (QED) is 0.841. The number of carbonyl (C=O) groups is 1. The van der Waals surface area contributed by atoms with Gasteiger partial charge in [-0.1, -0.05) is 0 Å². The summed E-state index contributed by atoms with van der Waals surface area (Å²) in [5.74, 6) is -0.194. The first-order chi connectivity index (χ1) is 6.63. The van der Waals surface area contributed by atoms with Gasteiger partial charge in [-0.15, -0.1) is 0 Å². The van der Waals surface area contributed by atoms with Crippen LogP contribution in [0.25, 0.3) is 0 Å². The molecule has 1 aromatic rings. The second-order valence-corrected chi connectivity index (χ2v) is 3.58. The number of anilines is 1. The molecule has 0 aliphatic rings. The lowest BCUT2D eigenvalue weighted by atomic mass is 10.3. The molecular formula is C9H11BrN2O2. The zero-order valence-corrected chi connectivity index (χ0v) is 9.59. The molecule has 1 aromatic heterocycles. The fourth-order valence-corrected chi connectivity index (χ4v) is 1.27. The monoisotopic (exact) mass is 258 g/mol. The Balaban J connectivity index is 2.75. The Hall–Kier alpha value is -0.940. The molecule has 0 fully saturated rings. The largest absolute Gasteiger partial charge is 0.375 e. The van der Waals surface area contributed by atoms with Crippen LogP contribution in [-0.4, -0.2) is 24.6 Å². The van der Waals surface area contributed by atoms with Crippen molar-refractivity contribution in [3.8, 4) is 0 Å². The summed E-state index contributed by atoms with van der Waals surface area (Å²) in [7, 11) is 1.48. The highest BCUT2D eigenvalue weighted by Crippen LogP contribution is 2.20. The maximum Gasteiger partial charge on any atom is 0.250 e. The number of amides is 1. The second kappa shape index (κ2) is 5.07. The summed E-state index contributed by atoms with van der Waals surface area (Å²) in [6.45, 7) is 1.95. The van der Waals surface area contributed by atoms with Gasteiger partial charge in [0.05, 0.1) is 5.69 Å². The molecule has 5 heteroatoms. The van der Waals surface area contributed by atoms with Crippen LogP contribution in [0, 0.1) is 6.92 Å². The Morgan fingerprint density at radius 2 is 2.43 bits per heavy atom. The zero-order valence-electron chi connectivity index (χ0n) is 8.00. The predicted octanol–water partition coefficient (Wildman–Crippen LogP) is 1.74. The van der Waals surface area contributed by atoms with Crippen LogP contribution in [0.5, 0.6) is 0 Å². The number of hydrogen-bond donors (Lipinski definition) is 1. The van der Waals surface area contributed by atoms with Crippen LogP contribution in [0.2, 0.25) is 0 Å². The molecule has 0 aromatic carbocycles. The molecular weight excluding hydrogens is 248 g/mol. The maximum atomic E-state index is 11.2. The highest BCUT2D eigenvalue weighted by atomic mass is 79.9. The van der Waals surface area contributed by atoms with Gasteiger partial charge in [0.15, 0.2) is 0 Å². The van der Waals surface area contributed by atoms with Crippen molar-refractivity contribution in [1.29, 1.82) is 0 Å². The summed E-state index contributed by atoms with van der Waals surface area (Å²) >= 11 is 3.24. The van der Waals surface area contributed by atoms with Gasteiger partial charge in [0, 0.05) is 13.3 Å². The molecule has 0 saturated heterocycles. The molecule has 0 bridgehead atoms. The Labute approximate surface area is 90.8 Å². The van der Waals surface area contributed by atoms with Gasteiger partial charge in [-0.3, -0.25) is 4.79 Å². The number of ether oxygens (including phenoxy) is 1. The molecule has 0 unspecified atom stereocenters. The van der Waals surface area contributed by atoms with E-state index in [1.165, 1.54) is 7.11 Å². The third kappa shape index (κ3) is 3.08. The number of aryl methyl sites for hydroxylation is 1. The molecule has 0 saturated carbocycles. The number of nitrogens with zero attached hydrogens (tertiary/aromatic N) is 1. The van der Waals surface area contributed by atoms with Gasteiger partial charge < -0.3 is 10.1 Å². The Morgan fingerprint density at radius 1 is 1.71 bits per heavy atom. The van der Waals surface area contributed by atoms with Gasteiger partial charge in [0.25, 0.3) is 0 Å². The maximum absolute atomic E-state index is 11.2. The van der Waals surface area contributed by atoms with Gasteiger partial charge in [0.2, 0.25) is 5.91 Å². The first kappa shape index (κ1) is 11.1. The van der Waals surface area contributed by atoms with Crippen molar-refractivity contribution in [3.05, 3.63) is 22.4 Å². The van der Waals surface area contributed by atoms with Crippen LogP contribution >= 0.6 is 15.9 Å². The SMILES string of the molecule is COCC(=O)Nc1cc(C)cnc1Br. The van der Waals surface area contributed by atoms with Gasteiger partial charge in [-0.2, -0.15) is 0 Å². The van der Waals surface area contributed by atoms with E-state index in [1.54, 1.807) is 6.20 Å². The summed E-state index contributed by atoms with van der Waals surface area (Å²) in [5, 5.41) is 2.68. The van der Waals surface area contributed by atoms with Crippen molar-refractivity contribution in [1.82, 2.24) is 4.98 Å². The number of aromatic nitrogens is 1. The molecule has 0 radical (unpaired) electrons. The third-order valence-electron chi connectivity index (χ3n) is 1.53. The summed E-state index contributed by atoms with van der Waals surface area (Å²) in [6, 6.07) is 1.84. The molecule has 4 nitrogen and oxygen atoms in total. The van der Waals surface area contributed by atoms with Crippen molar-refractivity contribution < 1.29 is 9.53 Å². The molecule has 0 spiro atoms. The van der Waals surface area contributed by atoms with E-state index in [-0.39, 0.29) is 12.5 Å². The van der Waals surface area contributed by atoms with Crippen LogP contribution < -0.4 is 5.32 Å². The molecule has 1 N–H and O–H groups in total. The Bertz CT molecular complexity index is 342. The average Bonchev–Trinajstić information content (AvgIpc) is 2.12. The molecule has 1 amide bonds. The van der Waals surface area contributed by atoms with Crippen LogP contribution in [0.4, 0.5) is 5.69 Å². The third-order valence-corrected chi connectivity index (χ3v) is 2.16. The minimum atomic E-state index is -0.194. The molecule has 1 heterocycles. The van der Waals surface area contributed by atoms with Gasteiger partial charge in [-0.25, -0.2) is 4.98 Å². The summed E-state index contributed by atoms with van der Waals surface area (Å²) in [4.78, 5) is 15.2. The first-order valence-corrected chi connectivity index (χ1v) is 4.83. The summed E-state index contributed by atoms with van der Waals surface area (Å²) in [5.41, 5.74) is 1.65. The van der Waals surface area contributed by atoms with E-state index in [0.29, 0.717) is 10.3 Å². The summed E-state index contributed by atoms with van der Waals surface area (Å²) < 4.78 is 5.32. The van der Waals surface area contributed by atoms with Crippen molar-refractivity contribution >= 4 is 27.5 Å². The van der Waals surface area contributed by atoms with E-state index in [2.05, 4.69) is 26.2 Å². The topological polar surface area (TPSA) is 51.2 Å². The highest BCUT2D eigenvalue weighted by Gasteiger charge is 2.05. The van der Waals surface area contributed by atoms with E-state index < -0.39 is 0 Å². The summed E-state index contributed by atoms with van der Waals surface area (Å²) in [6.07, 6.45) is 1.72. The minimum Gasteiger partial charge on any atom is -0.375 e. The van der Waals surface area contributed by atoms with Crippen LogP contribution in [0.3, 0.4) is 0 Å². The minimum absolute atomic E-state index is 0.0420. The number of pyridine rings is 1. The van der Waals surface area contributed by atoms with Crippen molar-refractivity contribution in [2.75, 3.05) is 19.0 Å². The predicted molar refractivity (Wildman–Crippen MR) is 57.2 cm³/mol. The molecule has 0 aliphatic carbocycles. The van der Waals surface area contributed by atoms with Crippen molar-refractivity contribution in [2.45, 2.75) is 6.92 Å². The highest BCUT2D eigenvalue weighted by molar-refractivity contribution is 9.10. The van der Waals surface area contributed by atoms with Gasteiger partial charge in [-0.05, 0) is 34.5 Å². The van der Waals surface area contributed by atoms with E-state index in [1.807, 2.05) is 13.0 Å². The number of halogens is 1. The van der Waals surface area contributed by atoms with Gasteiger partial charge >= 0.3 is 0 Å². The first-order valence-electron chi connectivity index (χ1n) is 4.04. The van der Waals surface area contributed by atoms with E-state index in [9.17, 15) is 4.79 Å². The fourth-order valence-electron chi connectivity index (χ4n) is 0.958. The lowest BCUT2D eigenvalue weighted by Gasteiger charge is -2.06. The Kier molecular flexibility index (Phi) is 4.03. The molecule has 1 rings (SSSR count). The standard InChI is InChI=1S/C9H11BrN2O2/c1-6-3-7(9(10)11-4-6)12-8(13)5-14-2/h3-4H,5H2,1-2H3,(H,12,13). The molecule has 0 aliphatic heterocycles. The average molecular weight is 259 g/mol. The second-order valence-electron chi connectivity index (χ2n) is 2.83. The lowest BCUT2D eigenvalue weighted by Crippen LogP contribution is -2.17. The molecule has 14 heavy (non-hydrogen) atoms. The van der Waals surface area contributed by atoms with Crippen LogP contribution in [0.1, 0.15) is 5.56 Å². The smallest absolute Gasteiger partial charge is 0.250 e. The van der Waals surface area contributed by atoms with E-state index >= 15 is 0 Å². The molecule has 76 valence electrons. The lowest BCUT2D eigenvalue weighted by molar-refractivity contribution is -0.119. The number of carbonyl (C=O) groups excluding carboxylic acids is 1. The number of methoxy groups -OCH3 is 1. The Morgan fingerprint density at radius 3 is 3.07 bits per heavy atom. The van der Waals surface area contributed by atoms with Gasteiger partial charge in [0.1, 0.15) is 11.2 Å². The zero-order chi connectivity index (χ0) is 10.6. The number of rotatable bonds is 3. The van der Waals surface area contributed by atoms with E-state index in [4.69, 9.17) is 4.74 Å². The normalized spacial score (nSPS) is 9.93. The van der Waals surface area contributed by atoms with Crippen LogP contribution in [0.15, 0.2) is 16.9 Å². The number of hydrogen-bond acceptors (Lipinski definition) is 3. The van der Waals surface area contributed by atoms with E-state index in [0.717, 1.165) is 5.56 Å². The molecule has 0 atom stereocenters. The van der Waals surface area contributed by atoms with Crippen LogP contribution in [-0.2, 0) is 9.53 Å².